The zero-order valence-corrected chi connectivity index (χ0v) is 13.7. The fourth-order valence-electron chi connectivity index (χ4n) is 3.21. The van der Waals surface area contributed by atoms with Gasteiger partial charge in [0.1, 0.15) is 5.82 Å². The fourth-order valence-corrected chi connectivity index (χ4v) is 3.21. The summed E-state index contributed by atoms with van der Waals surface area (Å²) in [6, 6.07) is 6.44. The van der Waals surface area contributed by atoms with E-state index in [9.17, 15) is 14.0 Å². The number of carbonyl (C=O) groups is 2. The quantitative estimate of drug-likeness (QED) is 0.845. The van der Waals surface area contributed by atoms with Crippen LogP contribution < -0.4 is 5.32 Å². The lowest BCUT2D eigenvalue weighted by Gasteiger charge is -2.29. The van der Waals surface area contributed by atoms with Crippen LogP contribution >= 0.6 is 0 Å². The molecule has 0 saturated heterocycles. The summed E-state index contributed by atoms with van der Waals surface area (Å²) in [5, 5.41) is 12.0. The molecule has 4 nitrogen and oxygen atoms in total. The highest BCUT2D eigenvalue weighted by Crippen LogP contribution is 2.42. The molecule has 5 heteroatoms. The van der Waals surface area contributed by atoms with Crippen molar-refractivity contribution in [3.63, 3.8) is 0 Å². The van der Waals surface area contributed by atoms with Crippen LogP contribution in [-0.4, -0.2) is 23.5 Å². The molecule has 0 radical (unpaired) electrons. The maximum Gasteiger partial charge on any atom is 0.309 e. The van der Waals surface area contributed by atoms with E-state index in [0.29, 0.717) is 24.8 Å². The zero-order valence-electron chi connectivity index (χ0n) is 13.7. The predicted octanol–water partition coefficient (Wildman–Crippen LogP) is 3.25. The van der Waals surface area contributed by atoms with E-state index in [1.54, 1.807) is 32.0 Å². The Labute approximate surface area is 136 Å². The second kappa shape index (κ2) is 6.69. The van der Waals surface area contributed by atoms with Crippen LogP contribution in [0.15, 0.2) is 24.3 Å². The van der Waals surface area contributed by atoms with Crippen molar-refractivity contribution in [1.82, 2.24) is 5.32 Å². The van der Waals surface area contributed by atoms with Gasteiger partial charge in [0.25, 0.3) is 0 Å². The third kappa shape index (κ3) is 3.54. The average Bonchev–Trinajstić information content (AvgIpc) is 2.98. The second-order valence-electron chi connectivity index (χ2n) is 6.96. The molecule has 1 aliphatic carbocycles. The van der Waals surface area contributed by atoms with Gasteiger partial charge >= 0.3 is 5.97 Å². The highest BCUT2D eigenvalue weighted by molar-refractivity contribution is 5.88. The minimum absolute atomic E-state index is 0.193. The Morgan fingerprint density at radius 2 is 1.87 bits per heavy atom. The molecule has 1 aromatic carbocycles. The summed E-state index contributed by atoms with van der Waals surface area (Å²) in [4.78, 5) is 23.9. The number of aliphatic carboxylic acids is 1. The van der Waals surface area contributed by atoms with Gasteiger partial charge in [-0.2, -0.15) is 0 Å². The number of carboxylic acid groups (broad SMARTS) is 1. The second-order valence-corrected chi connectivity index (χ2v) is 6.96. The largest absolute Gasteiger partial charge is 0.481 e. The highest BCUT2D eigenvalue weighted by atomic mass is 19.1. The SMILES string of the molecule is CC(C)(CCNC(=O)C1(c2ccccc2F)CCCC1)C(=O)O. The number of carbonyl (C=O) groups excluding carboxylic acids is 1. The normalized spacial score (nSPS) is 17.0. The van der Waals surface area contributed by atoms with Gasteiger partial charge in [-0.1, -0.05) is 31.0 Å². The van der Waals surface area contributed by atoms with Crippen LogP contribution in [-0.2, 0) is 15.0 Å². The van der Waals surface area contributed by atoms with Gasteiger partial charge in [0.15, 0.2) is 0 Å². The Balaban J connectivity index is 2.11. The summed E-state index contributed by atoms with van der Waals surface area (Å²) in [5.41, 5.74) is -1.26. The fraction of sp³-hybridized carbons (Fsp3) is 0.556. The molecule has 1 amide bonds. The van der Waals surface area contributed by atoms with Crippen molar-refractivity contribution in [2.24, 2.45) is 5.41 Å². The zero-order chi connectivity index (χ0) is 17.1. The number of hydrogen-bond donors (Lipinski definition) is 2. The van der Waals surface area contributed by atoms with Gasteiger partial charge in [-0.05, 0) is 39.2 Å². The van der Waals surface area contributed by atoms with Gasteiger partial charge in [-0.3, -0.25) is 9.59 Å². The van der Waals surface area contributed by atoms with Gasteiger partial charge in [0.2, 0.25) is 5.91 Å². The van der Waals surface area contributed by atoms with E-state index in [4.69, 9.17) is 5.11 Å². The Bertz CT molecular complexity index is 592. The van der Waals surface area contributed by atoms with Gasteiger partial charge in [0, 0.05) is 12.1 Å². The first-order valence-corrected chi connectivity index (χ1v) is 8.06. The van der Waals surface area contributed by atoms with Gasteiger partial charge < -0.3 is 10.4 Å². The van der Waals surface area contributed by atoms with Gasteiger partial charge in [-0.15, -0.1) is 0 Å². The lowest BCUT2D eigenvalue weighted by Crippen LogP contribution is -2.44. The molecule has 0 heterocycles. The van der Waals surface area contributed by atoms with Crippen LogP contribution in [0.25, 0.3) is 0 Å². The Hall–Kier alpha value is -1.91. The average molecular weight is 321 g/mol. The van der Waals surface area contributed by atoms with E-state index >= 15 is 0 Å². The molecule has 1 aliphatic rings. The van der Waals surface area contributed by atoms with E-state index in [0.717, 1.165) is 12.8 Å². The summed E-state index contributed by atoms with van der Waals surface area (Å²) in [6.45, 7) is 3.53. The third-order valence-electron chi connectivity index (χ3n) is 4.90. The first kappa shape index (κ1) is 17.4. The van der Waals surface area contributed by atoms with Crippen molar-refractivity contribution in [3.05, 3.63) is 35.6 Å². The van der Waals surface area contributed by atoms with E-state index in [-0.39, 0.29) is 18.3 Å². The van der Waals surface area contributed by atoms with Crippen molar-refractivity contribution < 1.29 is 19.1 Å². The lowest BCUT2D eigenvalue weighted by atomic mass is 9.77. The number of carboxylic acids is 1. The van der Waals surface area contributed by atoms with Crippen molar-refractivity contribution in [2.45, 2.75) is 51.4 Å². The van der Waals surface area contributed by atoms with Crippen LogP contribution in [0.2, 0.25) is 0 Å². The Morgan fingerprint density at radius 1 is 1.26 bits per heavy atom. The van der Waals surface area contributed by atoms with E-state index in [2.05, 4.69) is 5.32 Å². The van der Waals surface area contributed by atoms with Crippen LogP contribution in [0.4, 0.5) is 4.39 Å². The molecule has 0 atom stereocenters. The number of rotatable bonds is 6. The number of benzene rings is 1. The van der Waals surface area contributed by atoms with Crippen molar-refractivity contribution >= 4 is 11.9 Å². The number of nitrogens with one attached hydrogen (secondary N) is 1. The van der Waals surface area contributed by atoms with Crippen LogP contribution in [0.5, 0.6) is 0 Å². The molecule has 2 N–H and O–H groups in total. The first-order chi connectivity index (χ1) is 10.8. The van der Waals surface area contributed by atoms with Crippen LogP contribution in [0.1, 0.15) is 51.5 Å². The summed E-state index contributed by atoms with van der Waals surface area (Å²) in [5.74, 6) is -1.44. The van der Waals surface area contributed by atoms with Crippen molar-refractivity contribution in [1.29, 1.82) is 0 Å². The summed E-state index contributed by atoms with van der Waals surface area (Å²) in [6.07, 6.45) is 3.37. The van der Waals surface area contributed by atoms with Crippen molar-refractivity contribution in [2.75, 3.05) is 6.54 Å². The molecule has 1 fully saturated rings. The maximum absolute atomic E-state index is 14.2. The molecule has 0 unspecified atom stereocenters. The monoisotopic (exact) mass is 321 g/mol. The molecule has 0 aromatic heterocycles. The first-order valence-electron chi connectivity index (χ1n) is 8.06. The molecule has 2 rings (SSSR count). The molecule has 0 spiro atoms. The molecule has 126 valence electrons. The predicted molar refractivity (Wildman–Crippen MR) is 85.6 cm³/mol. The number of amides is 1. The molecular formula is C18H24FNO3. The smallest absolute Gasteiger partial charge is 0.309 e. The molecule has 1 saturated carbocycles. The summed E-state index contributed by atoms with van der Waals surface area (Å²) in [7, 11) is 0. The Morgan fingerprint density at radius 3 is 2.43 bits per heavy atom. The third-order valence-corrected chi connectivity index (χ3v) is 4.90. The van der Waals surface area contributed by atoms with E-state index < -0.39 is 16.8 Å². The molecular weight excluding hydrogens is 297 g/mol. The highest BCUT2D eigenvalue weighted by Gasteiger charge is 2.44. The minimum Gasteiger partial charge on any atom is -0.481 e. The van der Waals surface area contributed by atoms with Crippen LogP contribution in [0.3, 0.4) is 0 Å². The molecule has 23 heavy (non-hydrogen) atoms. The van der Waals surface area contributed by atoms with Crippen molar-refractivity contribution in [3.8, 4) is 0 Å². The Kier molecular flexibility index (Phi) is 5.07. The van der Waals surface area contributed by atoms with E-state index in [1.165, 1.54) is 6.07 Å². The number of halogens is 1. The summed E-state index contributed by atoms with van der Waals surface area (Å²) < 4.78 is 14.2. The standard InChI is InChI=1S/C18H24FNO3/c1-17(2,16(22)23)11-12-20-15(21)18(9-5-6-10-18)13-7-3-4-8-14(13)19/h3-4,7-8H,5-6,9-12H2,1-2H3,(H,20,21)(H,22,23). The molecule has 0 bridgehead atoms. The molecule has 1 aromatic rings. The van der Waals surface area contributed by atoms with Gasteiger partial charge in [0.05, 0.1) is 10.8 Å². The maximum atomic E-state index is 14.2. The lowest BCUT2D eigenvalue weighted by molar-refractivity contribution is -0.147. The minimum atomic E-state index is -0.895. The summed E-state index contributed by atoms with van der Waals surface area (Å²) >= 11 is 0. The number of hydrogen-bond acceptors (Lipinski definition) is 2. The van der Waals surface area contributed by atoms with E-state index in [1.807, 2.05) is 0 Å². The van der Waals surface area contributed by atoms with Gasteiger partial charge in [-0.25, -0.2) is 4.39 Å². The molecule has 0 aliphatic heterocycles. The topological polar surface area (TPSA) is 66.4 Å². The van der Waals surface area contributed by atoms with Crippen LogP contribution in [0, 0.1) is 11.2 Å².